The van der Waals surface area contributed by atoms with Gasteiger partial charge in [-0.3, -0.25) is 4.79 Å². The Morgan fingerprint density at radius 2 is 2.20 bits per heavy atom. The largest absolute Gasteiger partial charge is 0.321 e. The second-order valence-corrected chi connectivity index (χ2v) is 6.83. The molecule has 2 aromatic heterocycles. The molecule has 0 unspecified atom stereocenters. The van der Waals surface area contributed by atoms with Crippen LogP contribution < -0.4 is 10.6 Å². The van der Waals surface area contributed by atoms with Crippen LogP contribution in [-0.2, 0) is 0 Å². The van der Waals surface area contributed by atoms with Crippen LogP contribution in [0.25, 0.3) is 10.6 Å². The predicted octanol–water partition coefficient (Wildman–Crippen LogP) is 2.58. The van der Waals surface area contributed by atoms with E-state index in [0.29, 0.717) is 17.4 Å². The smallest absolute Gasteiger partial charge is 0.277 e. The molecule has 25 heavy (non-hydrogen) atoms. The molecule has 1 amide bonds. The van der Waals surface area contributed by atoms with Crippen LogP contribution in [-0.4, -0.2) is 39.0 Å². The highest BCUT2D eigenvalue weighted by Gasteiger charge is 2.19. The van der Waals surface area contributed by atoms with Gasteiger partial charge in [-0.15, -0.1) is 16.4 Å². The van der Waals surface area contributed by atoms with Gasteiger partial charge in [0.2, 0.25) is 0 Å². The van der Waals surface area contributed by atoms with Gasteiger partial charge in [0, 0.05) is 22.8 Å². The van der Waals surface area contributed by atoms with Crippen molar-refractivity contribution < 1.29 is 4.79 Å². The van der Waals surface area contributed by atoms with Crippen LogP contribution in [0.3, 0.4) is 0 Å². The van der Waals surface area contributed by atoms with Crippen molar-refractivity contribution >= 4 is 22.9 Å². The van der Waals surface area contributed by atoms with Crippen molar-refractivity contribution in [1.82, 2.24) is 25.3 Å². The average molecular weight is 354 g/mol. The van der Waals surface area contributed by atoms with E-state index in [9.17, 15) is 4.79 Å². The van der Waals surface area contributed by atoms with Crippen molar-refractivity contribution in [3.05, 3.63) is 47.7 Å². The number of hydrogen-bond acceptors (Lipinski definition) is 6. The van der Waals surface area contributed by atoms with Gasteiger partial charge in [0.05, 0.1) is 12.2 Å². The number of hydrogen-bond donors (Lipinski definition) is 2. The predicted molar refractivity (Wildman–Crippen MR) is 96.7 cm³/mol. The molecule has 7 nitrogen and oxygen atoms in total. The third kappa shape index (κ3) is 3.59. The molecule has 3 heterocycles. The Kier molecular flexibility index (Phi) is 4.53. The van der Waals surface area contributed by atoms with Gasteiger partial charge in [-0.05, 0) is 38.1 Å². The lowest BCUT2D eigenvalue weighted by Gasteiger charge is -2.22. The maximum atomic E-state index is 12.5. The average Bonchev–Trinajstić information content (AvgIpc) is 3.35. The summed E-state index contributed by atoms with van der Waals surface area (Å²) in [4.78, 5) is 16.8. The van der Waals surface area contributed by atoms with Gasteiger partial charge >= 0.3 is 0 Å². The summed E-state index contributed by atoms with van der Waals surface area (Å²) in [5.41, 5.74) is 2.03. The van der Waals surface area contributed by atoms with Crippen LogP contribution >= 0.6 is 11.3 Å². The topological polar surface area (TPSA) is 84.7 Å². The zero-order valence-electron chi connectivity index (χ0n) is 13.6. The molecule has 128 valence electrons. The molecule has 1 saturated heterocycles. The number of carbonyl (C=O) groups excluding carboxylic acids is 1. The number of thiazole rings is 1. The summed E-state index contributed by atoms with van der Waals surface area (Å²) in [6, 6.07) is 7.95. The van der Waals surface area contributed by atoms with E-state index in [4.69, 9.17) is 0 Å². The van der Waals surface area contributed by atoms with Gasteiger partial charge in [-0.2, -0.15) is 0 Å². The Balaban J connectivity index is 1.47. The van der Waals surface area contributed by atoms with E-state index in [-0.39, 0.29) is 5.91 Å². The van der Waals surface area contributed by atoms with Crippen LogP contribution in [0, 0.1) is 0 Å². The molecule has 2 N–H and O–H groups in total. The Bertz CT molecular complexity index is 854. The van der Waals surface area contributed by atoms with Crippen LogP contribution in [0.5, 0.6) is 0 Å². The van der Waals surface area contributed by atoms with Crippen LogP contribution in [0.4, 0.5) is 5.69 Å². The Hall–Kier alpha value is -2.58. The summed E-state index contributed by atoms with van der Waals surface area (Å²) < 4.78 is 1.81. The highest BCUT2D eigenvalue weighted by Crippen LogP contribution is 2.24. The van der Waals surface area contributed by atoms with E-state index < -0.39 is 0 Å². The molecule has 0 atom stereocenters. The van der Waals surface area contributed by atoms with E-state index in [2.05, 4.69) is 25.9 Å². The lowest BCUT2D eigenvalue weighted by Crippen LogP contribution is -2.29. The quantitative estimate of drug-likeness (QED) is 0.752. The normalized spacial score (nSPS) is 15.2. The maximum Gasteiger partial charge on any atom is 0.277 e. The van der Waals surface area contributed by atoms with Crippen molar-refractivity contribution in [3.63, 3.8) is 0 Å². The van der Waals surface area contributed by atoms with E-state index in [1.807, 2.05) is 34.3 Å². The molecule has 1 aromatic carbocycles. The second kappa shape index (κ2) is 7.12. The van der Waals surface area contributed by atoms with Crippen molar-refractivity contribution in [2.75, 3.05) is 18.4 Å². The number of amides is 1. The molecule has 4 rings (SSSR count). The fourth-order valence-electron chi connectivity index (χ4n) is 2.92. The zero-order chi connectivity index (χ0) is 17.1. The minimum absolute atomic E-state index is 0.253. The fourth-order valence-corrected chi connectivity index (χ4v) is 3.56. The van der Waals surface area contributed by atoms with Crippen LogP contribution in [0.15, 0.2) is 42.0 Å². The molecule has 1 aliphatic rings. The Morgan fingerprint density at radius 3 is 3.00 bits per heavy atom. The molecule has 8 heteroatoms. The van der Waals surface area contributed by atoms with E-state index in [1.165, 1.54) is 0 Å². The van der Waals surface area contributed by atoms with E-state index in [0.717, 1.165) is 36.5 Å². The first-order valence-electron chi connectivity index (χ1n) is 8.23. The molecular weight excluding hydrogens is 336 g/mol. The number of rotatable bonds is 4. The molecule has 0 bridgehead atoms. The van der Waals surface area contributed by atoms with Gasteiger partial charge in [-0.1, -0.05) is 17.3 Å². The highest BCUT2D eigenvalue weighted by atomic mass is 32.1. The molecular formula is C17H18N6OS. The summed E-state index contributed by atoms with van der Waals surface area (Å²) in [5.74, 6) is -0.253. The van der Waals surface area contributed by atoms with Crippen molar-refractivity contribution in [1.29, 1.82) is 0 Å². The van der Waals surface area contributed by atoms with Crippen molar-refractivity contribution in [2.45, 2.75) is 18.9 Å². The standard InChI is InChI=1S/C17H18N6OS/c24-16(15-11-23(22-21-15)14-4-6-18-7-5-14)20-13-3-1-2-12(10-13)17-19-8-9-25-17/h1-3,8-11,14,18H,4-7H2,(H,20,24). The van der Waals surface area contributed by atoms with Gasteiger partial charge in [0.15, 0.2) is 5.69 Å². The van der Waals surface area contributed by atoms with Crippen LogP contribution in [0.2, 0.25) is 0 Å². The molecule has 1 aliphatic heterocycles. The highest BCUT2D eigenvalue weighted by molar-refractivity contribution is 7.13. The number of benzene rings is 1. The van der Waals surface area contributed by atoms with Gasteiger partial charge < -0.3 is 10.6 Å². The Labute approximate surface area is 149 Å². The molecule has 0 radical (unpaired) electrons. The number of anilines is 1. The first-order valence-corrected chi connectivity index (χ1v) is 9.11. The first-order chi connectivity index (χ1) is 12.3. The summed E-state index contributed by atoms with van der Waals surface area (Å²) in [6.07, 6.45) is 5.50. The number of nitrogens with one attached hydrogen (secondary N) is 2. The van der Waals surface area contributed by atoms with E-state index >= 15 is 0 Å². The molecule has 0 saturated carbocycles. The molecule has 0 spiro atoms. The third-order valence-electron chi connectivity index (χ3n) is 4.23. The zero-order valence-corrected chi connectivity index (χ0v) is 14.4. The number of nitrogens with zero attached hydrogens (tertiary/aromatic N) is 4. The van der Waals surface area contributed by atoms with Crippen molar-refractivity contribution in [2.24, 2.45) is 0 Å². The minimum atomic E-state index is -0.253. The monoisotopic (exact) mass is 354 g/mol. The number of carbonyl (C=O) groups is 1. The third-order valence-corrected chi connectivity index (χ3v) is 5.05. The summed E-state index contributed by atoms with van der Waals surface area (Å²) in [5, 5.41) is 17.2. The number of aromatic nitrogens is 4. The minimum Gasteiger partial charge on any atom is -0.321 e. The molecule has 3 aromatic rings. The van der Waals surface area contributed by atoms with Gasteiger partial charge in [-0.25, -0.2) is 9.67 Å². The summed E-state index contributed by atoms with van der Waals surface area (Å²) in [6.45, 7) is 1.94. The second-order valence-electron chi connectivity index (χ2n) is 5.94. The molecule has 0 aliphatic carbocycles. The number of piperidine rings is 1. The van der Waals surface area contributed by atoms with Crippen LogP contribution in [0.1, 0.15) is 29.4 Å². The van der Waals surface area contributed by atoms with Crippen molar-refractivity contribution in [3.8, 4) is 10.6 Å². The fraction of sp³-hybridized carbons (Fsp3) is 0.294. The lowest BCUT2D eigenvalue weighted by atomic mass is 10.1. The Morgan fingerprint density at radius 1 is 1.32 bits per heavy atom. The maximum absolute atomic E-state index is 12.5. The lowest BCUT2D eigenvalue weighted by molar-refractivity contribution is 0.102. The molecule has 1 fully saturated rings. The van der Waals surface area contributed by atoms with Gasteiger partial charge in [0.1, 0.15) is 5.01 Å². The van der Waals surface area contributed by atoms with Gasteiger partial charge in [0.25, 0.3) is 5.91 Å². The summed E-state index contributed by atoms with van der Waals surface area (Å²) >= 11 is 1.56. The first kappa shape index (κ1) is 15.9. The van der Waals surface area contributed by atoms with E-state index in [1.54, 1.807) is 23.7 Å². The SMILES string of the molecule is O=C(Nc1cccc(-c2nccs2)c1)c1cn(C2CCNCC2)nn1. The summed E-state index contributed by atoms with van der Waals surface area (Å²) in [7, 11) is 0.